The van der Waals surface area contributed by atoms with Crippen LogP contribution in [0.3, 0.4) is 0 Å². The molecule has 0 aromatic heterocycles. The van der Waals surface area contributed by atoms with Crippen LogP contribution in [0.5, 0.6) is 0 Å². The number of aliphatic hydroxyl groups excluding tert-OH is 2. The first-order valence-electron chi connectivity index (χ1n) is 11.3. The van der Waals surface area contributed by atoms with E-state index >= 15 is 0 Å². The van der Waals surface area contributed by atoms with Crippen LogP contribution >= 0.6 is 0 Å². The lowest BCUT2D eigenvalue weighted by Gasteiger charge is -2.48. The minimum Gasteiger partial charge on any atom is -0.388 e. The van der Waals surface area contributed by atoms with Gasteiger partial charge in [-0.15, -0.1) is 0 Å². The number of nitrogens with one attached hydrogen (secondary N) is 1. The molecule has 12 heteroatoms. The summed E-state index contributed by atoms with van der Waals surface area (Å²) in [5.74, 6) is 0. The molecule has 0 bridgehead atoms. The normalized spacial score (nSPS) is 51.4. The number of hydrogen-bond donors (Lipinski definition) is 8. The average molecular weight is 464 g/mol. The van der Waals surface area contributed by atoms with Gasteiger partial charge < -0.3 is 62.5 Å². The lowest BCUT2D eigenvalue weighted by Crippen LogP contribution is -2.68. The van der Waals surface area contributed by atoms with Gasteiger partial charge in [0, 0.05) is 18.1 Å². The molecule has 32 heavy (non-hydrogen) atoms. The number of hydrogen-bond acceptors (Lipinski definition) is 12. The molecule has 0 aromatic rings. The summed E-state index contributed by atoms with van der Waals surface area (Å²) in [6.07, 6.45) is -4.52. The molecule has 188 valence electrons. The summed E-state index contributed by atoms with van der Waals surface area (Å²) in [7, 11) is 1.86. The number of aliphatic hydroxyl groups is 3. The molecule has 12 nitrogen and oxygen atoms in total. The SMILES string of the molecule is CN[C@H](C)[C@@H]1CC[C@@H](N)[C@@H](O[C@H]2[C@H](O)[C@@H](O[C@H]3OC[C@](C)(O)[C@H](N)[C@H]3O)[C@H](N)C[C@@H]2N)O1. The molecule has 2 heterocycles. The van der Waals surface area contributed by atoms with Gasteiger partial charge in [-0.3, -0.25) is 0 Å². The molecule has 0 aromatic carbocycles. The molecule has 2 saturated heterocycles. The van der Waals surface area contributed by atoms with Crippen LogP contribution in [-0.4, -0.2) is 108 Å². The van der Waals surface area contributed by atoms with Crippen molar-refractivity contribution in [2.45, 2.75) is 112 Å². The highest BCUT2D eigenvalue weighted by Gasteiger charge is 2.50. The first kappa shape index (κ1) is 26.1. The van der Waals surface area contributed by atoms with Crippen LogP contribution < -0.4 is 28.3 Å². The van der Waals surface area contributed by atoms with Gasteiger partial charge in [0.1, 0.15) is 30.0 Å². The van der Waals surface area contributed by atoms with Crippen molar-refractivity contribution in [1.82, 2.24) is 5.32 Å². The van der Waals surface area contributed by atoms with Crippen molar-refractivity contribution < 1.29 is 34.3 Å². The Morgan fingerprint density at radius 1 is 0.969 bits per heavy atom. The Balaban J connectivity index is 1.67. The molecule has 3 fully saturated rings. The zero-order valence-corrected chi connectivity index (χ0v) is 19.0. The van der Waals surface area contributed by atoms with E-state index in [2.05, 4.69) is 5.32 Å². The molecule has 0 unspecified atom stereocenters. The van der Waals surface area contributed by atoms with Crippen LogP contribution in [0.2, 0.25) is 0 Å². The molecule has 1 aliphatic carbocycles. The Hall–Kier alpha value is -0.480. The van der Waals surface area contributed by atoms with E-state index in [4.69, 9.17) is 41.9 Å². The van der Waals surface area contributed by atoms with Gasteiger partial charge in [0.25, 0.3) is 0 Å². The van der Waals surface area contributed by atoms with Gasteiger partial charge in [-0.25, -0.2) is 0 Å². The van der Waals surface area contributed by atoms with Gasteiger partial charge in [-0.1, -0.05) is 0 Å². The first-order valence-corrected chi connectivity index (χ1v) is 11.3. The summed E-state index contributed by atoms with van der Waals surface area (Å²) in [5, 5.41) is 34.9. The molecule has 3 aliphatic rings. The molecule has 12 N–H and O–H groups in total. The predicted molar refractivity (Wildman–Crippen MR) is 115 cm³/mol. The molecule has 0 amide bonds. The van der Waals surface area contributed by atoms with E-state index in [0.29, 0.717) is 12.8 Å². The Morgan fingerprint density at radius 3 is 2.16 bits per heavy atom. The van der Waals surface area contributed by atoms with Crippen LogP contribution in [0, 0.1) is 0 Å². The smallest absolute Gasteiger partial charge is 0.185 e. The molecule has 3 rings (SSSR count). The summed E-state index contributed by atoms with van der Waals surface area (Å²) < 4.78 is 23.5. The third kappa shape index (κ3) is 5.43. The minimum atomic E-state index is -1.41. The molecule has 0 spiro atoms. The van der Waals surface area contributed by atoms with Crippen molar-refractivity contribution in [2.24, 2.45) is 22.9 Å². The fraction of sp³-hybridized carbons (Fsp3) is 1.00. The molecule has 1 saturated carbocycles. The highest BCUT2D eigenvalue weighted by Crippen LogP contribution is 2.31. The Bertz CT molecular complexity index is 617. The van der Waals surface area contributed by atoms with E-state index in [1.54, 1.807) is 0 Å². The molecule has 13 atom stereocenters. The van der Waals surface area contributed by atoms with Crippen LogP contribution in [0.25, 0.3) is 0 Å². The maximum absolute atomic E-state index is 11.1. The number of ether oxygens (including phenoxy) is 4. The molecule has 0 radical (unpaired) electrons. The van der Waals surface area contributed by atoms with Gasteiger partial charge in [0.2, 0.25) is 0 Å². The van der Waals surface area contributed by atoms with Gasteiger partial charge in [0.15, 0.2) is 12.6 Å². The zero-order valence-electron chi connectivity index (χ0n) is 19.0. The van der Waals surface area contributed by atoms with E-state index in [-0.39, 0.29) is 24.8 Å². The summed E-state index contributed by atoms with van der Waals surface area (Å²) in [6.45, 7) is 3.35. The zero-order chi connectivity index (χ0) is 23.8. The highest BCUT2D eigenvalue weighted by atomic mass is 16.7. The van der Waals surface area contributed by atoms with Crippen molar-refractivity contribution >= 4 is 0 Å². The van der Waals surface area contributed by atoms with E-state index in [1.807, 2.05) is 14.0 Å². The fourth-order valence-electron chi connectivity index (χ4n) is 4.57. The first-order chi connectivity index (χ1) is 15.0. The van der Waals surface area contributed by atoms with Gasteiger partial charge >= 0.3 is 0 Å². The topological polar surface area (TPSA) is 214 Å². The average Bonchev–Trinajstić information content (AvgIpc) is 2.74. The van der Waals surface area contributed by atoms with Crippen LogP contribution in [0.4, 0.5) is 0 Å². The summed E-state index contributed by atoms with van der Waals surface area (Å²) >= 11 is 0. The second-order valence-corrected chi connectivity index (χ2v) is 9.67. The number of nitrogens with two attached hydrogens (primary N) is 4. The van der Waals surface area contributed by atoms with Crippen molar-refractivity contribution in [1.29, 1.82) is 0 Å². The van der Waals surface area contributed by atoms with Gasteiger partial charge in [-0.2, -0.15) is 0 Å². The Kier molecular flexibility index (Phi) is 8.51. The molecular weight excluding hydrogens is 422 g/mol. The predicted octanol–water partition coefficient (Wildman–Crippen LogP) is -3.59. The lowest BCUT2D eigenvalue weighted by molar-refractivity contribution is -0.305. The third-order valence-electron chi connectivity index (χ3n) is 7.00. The largest absolute Gasteiger partial charge is 0.388 e. The van der Waals surface area contributed by atoms with Crippen molar-refractivity contribution in [3.05, 3.63) is 0 Å². The quantitative estimate of drug-likeness (QED) is 0.192. The second-order valence-electron chi connectivity index (χ2n) is 9.67. The van der Waals surface area contributed by atoms with Gasteiger partial charge in [0.05, 0.1) is 24.8 Å². The summed E-state index contributed by atoms with van der Waals surface area (Å²) in [6, 6.07) is -2.46. The van der Waals surface area contributed by atoms with Gasteiger partial charge in [-0.05, 0) is 40.2 Å². The highest BCUT2D eigenvalue weighted by molar-refractivity contribution is 5.01. The minimum absolute atomic E-state index is 0.0869. The van der Waals surface area contributed by atoms with E-state index in [0.717, 1.165) is 6.42 Å². The summed E-state index contributed by atoms with van der Waals surface area (Å²) in [4.78, 5) is 0. The summed E-state index contributed by atoms with van der Waals surface area (Å²) in [5.41, 5.74) is 23.2. The van der Waals surface area contributed by atoms with E-state index < -0.39 is 60.7 Å². The Morgan fingerprint density at radius 2 is 1.56 bits per heavy atom. The third-order valence-corrected chi connectivity index (χ3v) is 7.00. The number of likely N-dealkylation sites (N-methyl/N-ethyl adjacent to an activating group) is 1. The molecular formula is C20H41N5O7. The van der Waals surface area contributed by atoms with E-state index in [9.17, 15) is 15.3 Å². The maximum Gasteiger partial charge on any atom is 0.185 e. The standard InChI is InChI=1S/C20H41N5O7/c1-8(25-3)12-5-4-9(21)18(30-12)31-15-10(22)6-11(23)16(13(15)26)32-19-14(27)17(24)20(2,28)7-29-19/h8-19,25-28H,4-7,21-24H2,1-3H3/t8-,9-,10+,11-,12+,13+,14-,15-,16+,17-,18-,19-,20+/m1/s1. The fourth-order valence-corrected chi connectivity index (χ4v) is 4.57. The van der Waals surface area contributed by atoms with Crippen molar-refractivity contribution in [3.8, 4) is 0 Å². The van der Waals surface area contributed by atoms with Crippen LogP contribution in [0.1, 0.15) is 33.1 Å². The van der Waals surface area contributed by atoms with Crippen molar-refractivity contribution in [2.75, 3.05) is 13.7 Å². The second kappa shape index (κ2) is 10.4. The van der Waals surface area contributed by atoms with Crippen LogP contribution in [0.15, 0.2) is 0 Å². The van der Waals surface area contributed by atoms with E-state index in [1.165, 1.54) is 6.92 Å². The maximum atomic E-state index is 11.1. The van der Waals surface area contributed by atoms with Crippen LogP contribution in [-0.2, 0) is 18.9 Å². The Labute approximate surface area is 188 Å². The number of rotatable bonds is 6. The van der Waals surface area contributed by atoms with Crippen molar-refractivity contribution in [3.63, 3.8) is 0 Å². The molecule has 2 aliphatic heterocycles. The monoisotopic (exact) mass is 463 g/mol. The lowest BCUT2D eigenvalue weighted by atomic mass is 9.84.